The number of nitrogens with zero attached hydrogens (tertiary/aromatic N) is 3. The molecule has 146 valence electrons. The second kappa shape index (κ2) is 7.38. The minimum Gasteiger partial charge on any atom is -0.316 e. The Kier molecular flexibility index (Phi) is 5.13. The Bertz CT molecular complexity index is 941. The Morgan fingerprint density at radius 3 is 2.57 bits per heavy atom. The molecule has 1 aromatic carbocycles. The van der Waals surface area contributed by atoms with Crippen molar-refractivity contribution in [3.05, 3.63) is 57.9 Å². The summed E-state index contributed by atoms with van der Waals surface area (Å²) in [7, 11) is 0. The monoisotopic (exact) mass is 382 g/mol. The van der Waals surface area contributed by atoms with Crippen molar-refractivity contribution in [2.24, 2.45) is 0 Å². The van der Waals surface area contributed by atoms with E-state index in [0.717, 1.165) is 12.8 Å². The average molecular weight is 382 g/mol. The van der Waals surface area contributed by atoms with Crippen molar-refractivity contribution in [1.82, 2.24) is 4.98 Å². The second-order valence-electron chi connectivity index (χ2n) is 7.27. The van der Waals surface area contributed by atoms with Crippen molar-refractivity contribution in [2.75, 3.05) is 16.8 Å². The Hall–Kier alpha value is -3.29. The summed E-state index contributed by atoms with van der Waals surface area (Å²) in [6.07, 6.45) is 4.65. The first kappa shape index (κ1) is 19.5. The number of hydrogen-bond acceptors (Lipinski definition) is 5. The molecule has 1 aromatic heterocycles. The molecule has 1 aliphatic rings. The van der Waals surface area contributed by atoms with Gasteiger partial charge in [-0.25, -0.2) is 0 Å². The minimum absolute atomic E-state index is 0.0729. The fourth-order valence-electron chi connectivity index (χ4n) is 3.35. The fraction of sp³-hybridized carbons (Fsp3) is 0.350. The van der Waals surface area contributed by atoms with Gasteiger partial charge in [0.2, 0.25) is 5.91 Å². The van der Waals surface area contributed by atoms with Gasteiger partial charge in [0.25, 0.3) is 11.6 Å². The maximum Gasteiger partial charge on any atom is 0.294 e. The maximum absolute atomic E-state index is 12.9. The zero-order valence-corrected chi connectivity index (χ0v) is 16.1. The van der Waals surface area contributed by atoms with E-state index in [9.17, 15) is 19.7 Å². The van der Waals surface area contributed by atoms with E-state index in [1.165, 1.54) is 30.6 Å². The summed E-state index contributed by atoms with van der Waals surface area (Å²) in [5.74, 6) is -0.571. The van der Waals surface area contributed by atoms with Gasteiger partial charge in [0.15, 0.2) is 0 Å². The van der Waals surface area contributed by atoms with Crippen LogP contribution in [0.3, 0.4) is 0 Å². The van der Waals surface area contributed by atoms with Crippen molar-refractivity contribution >= 4 is 28.9 Å². The highest BCUT2D eigenvalue weighted by Crippen LogP contribution is 2.46. The highest BCUT2D eigenvalue weighted by atomic mass is 16.6. The van der Waals surface area contributed by atoms with Crippen molar-refractivity contribution in [2.45, 2.75) is 39.0 Å². The molecule has 0 bridgehead atoms. The first-order valence-electron chi connectivity index (χ1n) is 9.13. The normalized spacial score (nSPS) is 14.7. The third kappa shape index (κ3) is 3.33. The van der Waals surface area contributed by atoms with Crippen LogP contribution in [0.1, 0.15) is 49.5 Å². The lowest BCUT2D eigenvalue weighted by molar-refractivity contribution is -0.383. The molecular formula is C20H22N4O4. The van der Waals surface area contributed by atoms with E-state index in [1.807, 2.05) is 6.92 Å². The number of nitro benzene ring substituents is 1. The number of nitrogens with one attached hydrogen (secondary N) is 1. The first-order chi connectivity index (χ1) is 13.3. The topological polar surface area (TPSA) is 105 Å². The van der Waals surface area contributed by atoms with Crippen LogP contribution in [0.25, 0.3) is 0 Å². The van der Waals surface area contributed by atoms with E-state index in [1.54, 1.807) is 24.8 Å². The number of aromatic nitrogens is 1. The number of carbonyl (C=O) groups is 2. The summed E-state index contributed by atoms with van der Waals surface area (Å²) in [5.41, 5.74) is 0.553. The third-order valence-electron chi connectivity index (χ3n) is 4.98. The Labute approximate surface area is 162 Å². The Morgan fingerprint density at radius 2 is 1.96 bits per heavy atom. The van der Waals surface area contributed by atoms with Crippen LogP contribution in [0, 0.1) is 10.1 Å². The molecule has 2 aromatic rings. The molecule has 2 amide bonds. The average Bonchev–Trinajstić information content (AvgIpc) is 2.86. The number of hydrogen-bond donors (Lipinski definition) is 1. The fourth-order valence-corrected chi connectivity index (χ4v) is 3.35. The van der Waals surface area contributed by atoms with Crippen LogP contribution in [0.4, 0.5) is 17.1 Å². The van der Waals surface area contributed by atoms with Crippen LogP contribution in [-0.2, 0) is 10.2 Å². The molecular weight excluding hydrogens is 360 g/mol. The zero-order valence-electron chi connectivity index (χ0n) is 16.1. The number of rotatable bonds is 6. The number of anilines is 2. The van der Waals surface area contributed by atoms with Gasteiger partial charge < -0.3 is 10.2 Å². The molecule has 0 unspecified atom stereocenters. The predicted molar refractivity (Wildman–Crippen MR) is 106 cm³/mol. The lowest BCUT2D eigenvalue weighted by Gasteiger charge is -2.19. The van der Waals surface area contributed by atoms with Crippen LogP contribution < -0.4 is 10.2 Å². The van der Waals surface area contributed by atoms with Crippen molar-refractivity contribution < 1.29 is 14.5 Å². The lowest BCUT2D eigenvalue weighted by Crippen LogP contribution is -2.36. The van der Waals surface area contributed by atoms with Gasteiger partial charge >= 0.3 is 0 Å². The zero-order chi connectivity index (χ0) is 20.5. The molecule has 0 radical (unpaired) electrons. The summed E-state index contributed by atoms with van der Waals surface area (Å²) >= 11 is 0. The molecule has 0 fully saturated rings. The van der Waals surface area contributed by atoms with Crippen LogP contribution in [0.2, 0.25) is 0 Å². The number of pyridine rings is 1. The van der Waals surface area contributed by atoms with Gasteiger partial charge in [-0.1, -0.05) is 13.3 Å². The predicted octanol–water partition coefficient (Wildman–Crippen LogP) is 3.67. The van der Waals surface area contributed by atoms with Gasteiger partial charge in [-0.3, -0.25) is 24.7 Å². The molecule has 1 aliphatic heterocycles. The van der Waals surface area contributed by atoms with Crippen molar-refractivity contribution in [1.29, 1.82) is 0 Å². The van der Waals surface area contributed by atoms with Crippen LogP contribution in [-0.4, -0.2) is 28.3 Å². The highest BCUT2D eigenvalue weighted by molar-refractivity contribution is 6.10. The molecule has 0 aliphatic carbocycles. The number of carbonyl (C=O) groups excluding carboxylic acids is 2. The molecule has 0 saturated carbocycles. The molecule has 0 atom stereocenters. The molecule has 0 saturated heterocycles. The number of amides is 2. The number of fused-ring (bicyclic) bond motifs is 1. The standard InChI is InChI=1S/C20H22N4O4/c1-4-5-10-23-16-12-17(24(27)28)15(11-14(16)20(2,3)19(23)26)22-18(25)13-6-8-21-9-7-13/h6-9,11-12H,4-5,10H2,1-3H3,(H,22,25). The van der Waals surface area contributed by atoms with Gasteiger partial charge in [0.1, 0.15) is 5.69 Å². The van der Waals surface area contributed by atoms with Crippen molar-refractivity contribution in [3.8, 4) is 0 Å². The SMILES string of the molecule is CCCCN1C(=O)C(C)(C)c2cc(NC(=O)c3ccncc3)c([N+](=O)[O-])cc21. The van der Waals surface area contributed by atoms with Gasteiger partial charge in [-0.15, -0.1) is 0 Å². The summed E-state index contributed by atoms with van der Waals surface area (Å²) in [5, 5.41) is 14.3. The van der Waals surface area contributed by atoms with E-state index >= 15 is 0 Å². The molecule has 28 heavy (non-hydrogen) atoms. The minimum atomic E-state index is -0.825. The molecule has 8 nitrogen and oxygen atoms in total. The smallest absolute Gasteiger partial charge is 0.294 e. The van der Waals surface area contributed by atoms with Gasteiger partial charge in [-0.05, 0) is 44.0 Å². The van der Waals surface area contributed by atoms with E-state index in [0.29, 0.717) is 23.4 Å². The molecule has 2 heterocycles. The molecule has 3 rings (SSSR count). The largest absolute Gasteiger partial charge is 0.316 e. The molecule has 0 spiro atoms. The highest BCUT2D eigenvalue weighted by Gasteiger charge is 2.45. The van der Waals surface area contributed by atoms with Gasteiger partial charge in [0.05, 0.1) is 16.0 Å². The van der Waals surface area contributed by atoms with Crippen molar-refractivity contribution in [3.63, 3.8) is 0 Å². The molecule has 1 N–H and O–H groups in total. The van der Waals surface area contributed by atoms with E-state index in [2.05, 4.69) is 10.3 Å². The lowest BCUT2D eigenvalue weighted by atomic mass is 9.85. The van der Waals surface area contributed by atoms with E-state index in [4.69, 9.17) is 0 Å². The summed E-state index contributed by atoms with van der Waals surface area (Å²) in [4.78, 5) is 41.9. The Morgan fingerprint density at radius 1 is 1.29 bits per heavy atom. The second-order valence-corrected chi connectivity index (χ2v) is 7.27. The third-order valence-corrected chi connectivity index (χ3v) is 4.98. The van der Waals surface area contributed by atoms with E-state index in [-0.39, 0.29) is 17.3 Å². The van der Waals surface area contributed by atoms with Gasteiger partial charge in [0, 0.05) is 30.6 Å². The Balaban J connectivity index is 2.06. The van der Waals surface area contributed by atoms with Gasteiger partial charge in [-0.2, -0.15) is 0 Å². The van der Waals surface area contributed by atoms with Crippen LogP contribution in [0.5, 0.6) is 0 Å². The van der Waals surface area contributed by atoms with Crippen LogP contribution >= 0.6 is 0 Å². The van der Waals surface area contributed by atoms with E-state index < -0.39 is 16.2 Å². The molecule has 8 heteroatoms. The number of benzene rings is 1. The van der Waals surface area contributed by atoms with Crippen LogP contribution in [0.15, 0.2) is 36.7 Å². The summed E-state index contributed by atoms with van der Waals surface area (Å²) in [6, 6.07) is 5.99. The summed E-state index contributed by atoms with van der Waals surface area (Å²) < 4.78 is 0. The quantitative estimate of drug-likeness (QED) is 0.606. The summed E-state index contributed by atoms with van der Waals surface area (Å²) in [6.45, 7) is 6.11. The number of nitro groups is 1. The number of unbranched alkanes of at least 4 members (excludes halogenated alkanes) is 1. The maximum atomic E-state index is 12.9. The first-order valence-corrected chi connectivity index (χ1v) is 9.13.